The number of fused-ring (bicyclic) bond motifs is 1. The van der Waals surface area contributed by atoms with Crippen molar-refractivity contribution in [1.29, 1.82) is 0 Å². The molecule has 2 aromatic carbocycles. The van der Waals surface area contributed by atoms with E-state index in [0.29, 0.717) is 25.4 Å². The van der Waals surface area contributed by atoms with Crippen LogP contribution in [0.1, 0.15) is 17.2 Å². The molecule has 2 aliphatic heterocycles. The molecule has 1 amide bonds. The first kappa shape index (κ1) is 19.9. The van der Waals surface area contributed by atoms with Crippen molar-refractivity contribution in [1.82, 2.24) is 9.21 Å². The van der Waals surface area contributed by atoms with Gasteiger partial charge in [-0.05, 0) is 41.8 Å². The highest BCUT2D eigenvalue weighted by Crippen LogP contribution is 2.29. The average molecular weight is 416 g/mol. The maximum Gasteiger partial charge on any atom is 0.256 e. The van der Waals surface area contributed by atoms with Crippen molar-refractivity contribution in [2.75, 3.05) is 39.9 Å². The monoisotopic (exact) mass is 416 g/mol. The van der Waals surface area contributed by atoms with Gasteiger partial charge in [-0.15, -0.1) is 0 Å². The summed E-state index contributed by atoms with van der Waals surface area (Å²) < 4.78 is 38.1. The lowest BCUT2D eigenvalue weighted by Gasteiger charge is -2.36. The van der Waals surface area contributed by atoms with Gasteiger partial charge in [0, 0.05) is 26.2 Å². The van der Waals surface area contributed by atoms with Crippen LogP contribution < -0.4 is 4.74 Å². The SMILES string of the molecule is COc1ccc(S(=O)(=O)N2CCN(C(=O)[C@@H]3OCCc4ccccc43)CC2)cc1. The summed E-state index contributed by atoms with van der Waals surface area (Å²) >= 11 is 0. The molecule has 0 bridgehead atoms. The zero-order chi connectivity index (χ0) is 20.4. The van der Waals surface area contributed by atoms with Crippen molar-refractivity contribution in [3.8, 4) is 5.75 Å². The summed E-state index contributed by atoms with van der Waals surface area (Å²) in [4.78, 5) is 15.0. The molecule has 0 aromatic heterocycles. The van der Waals surface area contributed by atoms with Gasteiger partial charge in [0.15, 0.2) is 6.10 Å². The van der Waals surface area contributed by atoms with Crippen molar-refractivity contribution in [3.05, 3.63) is 59.7 Å². The molecule has 29 heavy (non-hydrogen) atoms. The molecule has 1 fully saturated rings. The van der Waals surface area contributed by atoms with E-state index in [2.05, 4.69) is 0 Å². The van der Waals surface area contributed by atoms with Gasteiger partial charge in [0.05, 0.1) is 18.6 Å². The topological polar surface area (TPSA) is 76.2 Å². The first-order valence-electron chi connectivity index (χ1n) is 9.63. The van der Waals surface area contributed by atoms with E-state index in [-0.39, 0.29) is 23.9 Å². The summed E-state index contributed by atoms with van der Waals surface area (Å²) in [7, 11) is -2.07. The molecule has 7 nitrogen and oxygen atoms in total. The number of ether oxygens (including phenoxy) is 2. The van der Waals surface area contributed by atoms with E-state index in [1.807, 2.05) is 24.3 Å². The van der Waals surface area contributed by atoms with Crippen molar-refractivity contribution in [2.24, 2.45) is 0 Å². The van der Waals surface area contributed by atoms with E-state index in [1.165, 1.54) is 11.4 Å². The number of nitrogens with zero attached hydrogens (tertiary/aromatic N) is 2. The van der Waals surface area contributed by atoms with Crippen LogP contribution in [0.3, 0.4) is 0 Å². The Morgan fingerprint density at radius 3 is 2.41 bits per heavy atom. The summed E-state index contributed by atoms with van der Waals surface area (Å²) in [5, 5.41) is 0. The third-order valence-electron chi connectivity index (χ3n) is 5.47. The minimum Gasteiger partial charge on any atom is -0.497 e. The van der Waals surface area contributed by atoms with Crippen LogP contribution in [0.15, 0.2) is 53.4 Å². The van der Waals surface area contributed by atoms with Crippen molar-refractivity contribution in [3.63, 3.8) is 0 Å². The second-order valence-corrected chi connectivity index (χ2v) is 9.04. The summed E-state index contributed by atoms with van der Waals surface area (Å²) in [6.45, 7) is 1.72. The highest BCUT2D eigenvalue weighted by atomic mass is 32.2. The minimum atomic E-state index is -3.60. The Hall–Kier alpha value is -2.42. The standard InChI is InChI=1S/C21H24N2O5S/c1-27-17-6-8-18(9-7-17)29(25,26)23-13-11-22(12-14-23)21(24)20-19-5-3-2-4-16(19)10-15-28-20/h2-9,20H,10-15H2,1H3/t20-/m1/s1. The average Bonchev–Trinajstić information content (AvgIpc) is 2.78. The molecule has 0 spiro atoms. The van der Waals surface area contributed by atoms with Crippen LogP contribution in [0.4, 0.5) is 0 Å². The Bertz CT molecular complexity index is 982. The van der Waals surface area contributed by atoms with Gasteiger partial charge < -0.3 is 14.4 Å². The number of rotatable bonds is 4. The number of carbonyl (C=O) groups is 1. The predicted octanol–water partition coefficient (Wildman–Crippen LogP) is 1.84. The minimum absolute atomic E-state index is 0.0985. The van der Waals surface area contributed by atoms with Crippen LogP contribution in [0.5, 0.6) is 5.75 Å². The molecule has 0 N–H and O–H groups in total. The van der Waals surface area contributed by atoms with Gasteiger partial charge in [-0.1, -0.05) is 24.3 Å². The van der Waals surface area contributed by atoms with E-state index in [1.54, 1.807) is 29.2 Å². The molecule has 0 radical (unpaired) electrons. The van der Waals surface area contributed by atoms with E-state index in [9.17, 15) is 13.2 Å². The second kappa shape index (κ2) is 8.14. The molecule has 2 aliphatic rings. The van der Waals surface area contributed by atoms with Gasteiger partial charge in [0.2, 0.25) is 10.0 Å². The van der Waals surface area contributed by atoms with Gasteiger partial charge in [-0.25, -0.2) is 8.42 Å². The highest BCUT2D eigenvalue weighted by Gasteiger charge is 2.35. The zero-order valence-corrected chi connectivity index (χ0v) is 17.1. The van der Waals surface area contributed by atoms with Gasteiger partial charge in [0.1, 0.15) is 5.75 Å². The van der Waals surface area contributed by atoms with E-state index in [4.69, 9.17) is 9.47 Å². The molecule has 8 heteroatoms. The number of amides is 1. The maximum absolute atomic E-state index is 13.0. The number of methoxy groups -OCH3 is 1. The molecular formula is C21H24N2O5S. The molecule has 0 saturated carbocycles. The lowest BCUT2D eigenvalue weighted by atomic mass is 9.96. The normalized spacial score (nSPS) is 20.2. The smallest absolute Gasteiger partial charge is 0.256 e. The summed E-state index contributed by atoms with van der Waals surface area (Å²) in [6, 6.07) is 14.2. The van der Waals surface area contributed by atoms with E-state index < -0.39 is 16.1 Å². The zero-order valence-electron chi connectivity index (χ0n) is 16.3. The summed E-state index contributed by atoms with van der Waals surface area (Å²) in [5.41, 5.74) is 2.05. The van der Waals surface area contributed by atoms with Gasteiger partial charge >= 0.3 is 0 Å². The van der Waals surface area contributed by atoms with Crippen molar-refractivity contribution >= 4 is 15.9 Å². The summed E-state index contributed by atoms with van der Waals surface area (Å²) in [6.07, 6.45) is 0.193. The van der Waals surface area contributed by atoms with E-state index >= 15 is 0 Å². The van der Waals surface area contributed by atoms with Gasteiger partial charge in [-0.3, -0.25) is 4.79 Å². The van der Waals surface area contributed by atoms with Crippen molar-refractivity contribution in [2.45, 2.75) is 17.4 Å². The number of benzene rings is 2. The number of hydrogen-bond acceptors (Lipinski definition) is 5. The van der Waals surface area contributed by atoms with Crippen LogP contribution in [0.25, 0.3) is 0 Å². The van der Waals surface area contributed by atoms with Crippen LogP contribution in [-0.2, 0) is 26.0 Å². The Kier molecular flexibility index (Phi) is 5.58. The fourth-order valence-corrected chi connectivity index (χ4v) is 5.23. The second-order valence-electron chi connectivity index (χ2n) is 7.10. The molecule has 1 atom stereocenters. The lowest BCUT2D eigenvalue weighted by molar-refractivity contribution is -0.146. The Morgan fingerprint density at radius 2 is 1.72 bits per heavy atom. The van der Waals surface area contributed by atoms with Crippen LogP contribution >= 0.6 is 0 Å². The number of carbonyl (C=O) groups excluding carboxylic acids is 1. The third kappa shape index (κ3) is 3.88. The molecular weight excluding hydrogens is 392 g/mol. The third-order valence-corrected chi connectivity index (χ3v) is 7.38. The summed E-state index contributed by atoms with van der Waals surface area (Å²) in [5.74, 6) is 0.505. The largest absolute Gasteiger partial charge is 0.497 e. The quantitative estimate of drug-likeness (QED) is 0.760. The number of piperazine rings is 1. The van der Waals surface area contributed by atoms with E-state index in [0.717, 1.165) is 17.5 Å². The van der Waals surface area contributed by atoms with Gasteiger partial charge in [-0.2, -0.15) is 4.31 Å². The molecule has 0 unspecified atom stereocenters. The first-order chi connectivity index (χ1) is 14.0. The molecule has 1 saturated heterocycles. The molecule has 0 aliphatic carbocycles. The number of hydrogen-bond donors (Lipinski definition) is 0. The molecule has 2 aromatic rings. The molecule has 154 valence electrons. The maximum atomic E-state index is 13.0. The van der Waals surface area contributed by atoms with Crippen molar-refractivity contribution < 1.29 is 22.7 Å². The fourth-order valence-electron chi connectivity index (χ4n) is 3.81. The van der Waals surface area contributed by atoms with Crippen LogP contribution in [0.2, 0.25) is 0 Å². The number of sulfonamides is 1. The fraction of sp³-hybridized carbons (Fsp3) is 0.381. The Balaban J connectivity index is 1.43. The van der Waals surface area contributed by atoms with Gasteiger partial charge in [0.25, 0.3) is 5.91 Å². The Morgan fingerprint density at radius 1 is 1.03 bits per heavy atom. The Labute approximate surface area is 170 Å². The van der Waals surface area contributed by atoms with Crippen LogP contribution in [-0.4, -0.2) is 63.4 Å². The first-order valence-corrected chi connectivity index (χ1v) is 11.1. The lowest BCUT2D eigenvalue weighted by Crippen LogP contribution is -2.52. The van der Waals surface area contributed by atoms with Crippen LogP contribution in [0, 0.1) is 0 Å². The molecule has 4 rings (SSSR count). The molecule has 2 heterocycles. The highest BCUT2D eigenvalue weighted by molar-refractivity contribution is 7.89. The predicted molar refractivity (Wildman–Crippen MR) is 107 cm³/mol.